The molecule has 1 aromatic heterocycles. The molecule has 104 valence electrons. The molecule has 4 nitrogen and oxygen atoms in total. The Hall–Kier alpha value is -2.10. The molecule has 20 heavy (non-hydrogen) atoms. The zero-order valence-corrected chi connectivity index (χ0v) is 12.0. The van der Waals surface area contributed by atoms with Crippen molar-refractivity contribution in [2.24, 2.45) is 0 Å². The zero-order valence-electron chi connectivity index (χ0n) is 12.0. The van der Waals surface area contributed by atoms with Gasteiger partial charge in [0.1, 0.15) is 11.6 Å². The van der Waals surface area contributed by atoms with E-state index in [4.69, 9.17) is 4.74 Å². The SMILES string of the molecule is Cc1c(-c2ccc3c(c2)CCO3)nc(C(C)C)[nH]c1=O. The predicted octanol–water partition coefficient (Wildman–Crippen LogP) is 2.80. The first-order valence-corrected chi connectivity index (χ1v) is 6.93. The lowest BCUT2D eigenvalue weighted by atomic mass is 10.0. The molecule has 1 aromatic carbocycles. The summed E-state index contributed by atoms with van der Waals surface area (Å²) in [4.78, 5) is 19.5. The molecule has 0 bridgehead atoms. The minimum Gasteiger partial charge on any atom is -0.493 e. The van der Waals surface area contributed by atoms with Crippen LogP contribution in [0.2, 0.25) is 0 Å². The number of H-pyrrole nitrogens is 1. The molecule has 0 unspecified atom stereocenters. The van der Waals surface area contributed by atoms with Crippen LogP contribution in [0.1, 0.15) is 36.7 Å². The van der Waals surface area contributed by atoms with Crippen LogP contribution in [0.5, 0.6) is 5.75 Å². The minimum absolute atomic E-state index is 0.0598. The van der Waals surface area contributed by atoms with Crippen molar-refractivity contribution in [1.82, 2.24) is 9.97 Å². The van der Waals surface area contributed by atoms with Crippen LogP contribution in [0.25, 0.3) is 11.3 Å². The number of hydrogen-bond acceptors (Lipinski definition) is 3. The molecule has 1 aliphatic rings. The highest BCUT2D eigenvalue weighted by Gasteiger charge is 2.16. The van der Waals surface area contributed by atoms with Gasteiger partial charge in [-0.15, -0.1) is 0 Å². The van der Waals surface area contributed by atoms with E-state index in [1.54, 1.807) is 0 Å². The van der Waals surface area contributed by atoms with Crippen molar-refractivity contribution in [3.8, 4) is 17.0 Å². The number of rotatable bonds is 2. The van der Waals surface area contributed by atoms with Gasteiger partial charge in [0.2, 0.25) is 0 Å². The standard InChI is InChI=1S/C16H18N2O2/c1-9(2)15-17-14(10(3)16(19)18-15)12-4-5-13-11(8-12)6-7-20-13/h4-5,8-9H,6-7H2,1-3H3,(H,17,18,19). The quantitative estimate of drug-likeness (QED) is 0.913. The maximum absolute atomic E-state index is 12.1. The molecular formula is C16H18N2O2. The molecule has 0 saturated heterocycles. The average Bonchev–Trinajstić information content (AvgIpc) is 2.88. The Balaban J connectivity index is 2.16. The first kappa shape index (κ1) is 12.9. The van der Waals surface area contributed by atoms with Crippen molar-refractivity contribution in [3.05, 3.63) is 45.5 Å². The van der Waals surface area contributed by atoms with Crippen molar-refractivity contribution < 1.29 is 4.74 Å². The van der Waals surface area contributed by atoms with Gasteiger partial charge in [-0.2, -0.15) is 0 Å². The predicted molar refractivity (Wildman–Crippen MR) is 78.3 cm³/mol. The Morgan fingerprint density at radius 3 is 2.90 bits per heavy atom. The molecule has 0 saturated carbocycles. The number of hydrogen-bond donors (Lipinski definition) is 1. The summed E-state index contributed by atoms with van der Waals surface area (Å²) < 4.78 is 5.52. The molecule has 0 atom stereocenters. The molecule has 0 fully saturated rings. The van der Waals surface area contributed by atoms with Gasteiger partial charge in [0.25, 0.3) is 5.56 Å². The molecule has 1 aliphatic heterocycles. The topological polar surface area (TPSA) is 55.0 Å². The van der Waals surface area contributed by atoms with Gasteiger partial charge in [-0.3, -0.25) is 4.79 Å². The molecule has 4 heteroatoms. The lowest BCUT2D eigenvalue weighted by Crippen LogP contribution is -2.16. The summed E-state index contributed by atoms with van der Waals surface area (Å²) in [7, 11) is 0. The van der Waals surface area contributed by atoms with Gasteiger partial charge in [-0.1, -0.05) is 13.8 Å². The summed E-state index contributed by atoms with van der Waals surface area (Å²) in [5.41, 5.74) is 3.55. The molecule has 2 heterocycles. The summed E-state index contributed by atoms with van der Waals surface area (Å²) in [6.07, 6.45) is 0.919. The van der Waals surface area contributed by atoms with Crippen molar-refractivity contribution in [3.63, 3.8) is 0 Å². The van der Waals surface area contributed by atoms with Crippen LogP contribution in [0.3, 0.4) is 0 Å². The molecular weight excluding hydrogens is 252 g/mol. The first-order valence-electron chi connectivity index (χ1n) is 6.93. The highest BCUT2D eigenvalue weighted by molar-refractivity contribution is 5.65. The second-order valence-corrected chi connectivity index (χ2v) is 5.50. The van der Waals surface area contributed by atoms with Crippen molar-refractivity contribution in [1.29, 1.82) is 0 Å². The summed E-state index contributed by atoms with van der Waals surface area (Å²) in [5.74, 6) is 1.87. The Kier molecular flexibility index (Phi) is 3.08. The molecule has 0 radical (unpaired) electrons. The van der Waals surface area contributed by atoms with Crippen LogP contribution in [0, 0.1) is 6.92 Å². The van der Waals surface area contributed by atoms with Gasteiger partial charge in [0.05, 0.1) is 12.3 Å². The number of nitrogens with one attached hydrogen (secondary N) is 1. The fourth-order valence-corrected chi connectivity index (χ4v) is 2.44. The van der Waals surface area contributed by atoms with Crippen molar-refractivity contribution >= 4 is 0 Å². The summed E-state index contributed by atoms with van der Waals surface area (Å²) in [5, 5.41) is 0. The number of ether oxygens (including phenoxy) is 1. The number of benzene rings is 1. The van der Waals surface area contributed by atoms with Gasteiger partial charge in [-0.05, 0) is 30.7 Å². The number of aromatic amines is 1. The van der Waals surface area contributed by atoms with Crippen molar-refractivity contribution in [2.45, 2.75) is 33.1 Å². The summed E-state index contributed by atoms with van der Waals surface area (Å²) >= 11 is 0. The van der Waals surface area contributed by atoms with E-state index in [9.17, 15) is 4.79 Å². The lowest BCUT2D eigenvalue weighted by Gasteiger charge is -2.10. The van der Waals surface area contributed by atoms with E-state index in [1.807, 2.05) is 32.9 Å². The number of fused-ring (bicyclic) bond motifs is 1. The molecule has 3 rings (SSSR count). The fourth-order valence-electron chi connectivity index (χ4n) is 2.44. The number of nitrogens with zero attached hydrogens (tertiary/aromatic N) is 1. The van der Waals surface area contributed by atoms with E-state index in [-0.39, 0.29) is 11.5 Å². The van der Waals surface area contributed by atoms with E-state index < -0.39 is 0 Å². The third kappa shape index (κ3) is 2.11. The molecule has 0 amide bonds. The molecule has 0 aliphatic carbocycles. The first-order chi connectivity index (χ1) is 9.56. The Bertz CT molecular complexity index is 717. The summed E-state index contributed by atoms with van der Waals surface area (Å²) in [6.45, 7) is 6.59. The molecule has 1 N–H and O–H groups in total. The van der Waals surface area contributed by atoms with E-state index in [0.29, 0.717) is 5.56 Å². The lowest BCUT2D eigenvalue weighted by molar-refractivity contribution is 0.357. The van der Waals surface area contributed by atoms with Gasteiger partial charge >= 0.3 is 0 Å². The van der Waals surface area contributed by atoms with Crippen molar-refractivity contribution in [2.75, 3.05) is 6.61 Å². The second-order valence-electron chi connectivity index (χ2n) is 5.50. The highest BCUT2D eigenvalue weighted by Crippen LogP contribution is 2.30. The normalized spacial score (nSPS) is 13.4. The van der Waals surface area contributed by atoms with Gasteiger partial charge in [0, 0.05) is 23.5 Å². The van der Waals surface area contributed by atoms with Crippen LogP contribution >= 0.6 is 0 Å². The Labute approximate surface area is 117 Å². The highest BCUT2D eigenvalue weighted by atomic mass is 16.5. The van der Waals surface area contributed by atoms with E-state index in [1.165, 1.54) is 5.56 Å². The monoisotopic (exact) mass is 270 g/mol. The molecule has 2 aromatic rings. The van der Waals surface area contributed by atoms with E-state index in [2.05, 4.69) is 16.0 Å². The second kappa shape index (κ2) is 4.78. The smallest absolute Gasteiger partial charge is 0.254 e. The van der Waals surface area contributed by atoms with Crippen LogP contribution in [-0.2, 0) is 6.42 Å². The molecule has 0 spiro atoms. The minimum atomic E-state index is -0.0598. The van der Waals surface area contributed by atoms with Crippen LogP contribution in [-0.4, -0.2) is 16.6 Å². The van der Waals surface area contributed by atoms with Gasteiger partial charge in [-0.25, -0.2) is 4.98 Å². The van der Waals surface area contributed by atoms with Crippen LogP contribution in [0.15, 0.2) is 23.0 Å². The third-order valence-corrected chi connectivity index (χ3v) is 3.68. The Morgan fingerprint density at radius 2 is 2.15 bits per heavy atom. The maximum atomic E-state index is 12.1. The summed E-state index contributed by atoms with van der Waals surface area (Å²) in [6, 6.07) is 6.03. The number of aromatic nitrogens is 2. The zero-order chi connectivity index (χ0) is 14.3. The van der Waals surface area contributed by atoms with Crippen LogP contribution < -0.4 is 10.3 Å². The van der Waals surface area contributed by atoms with Gasteiger partial charge in [0.15, 0.2) is 0 Å². The van der Waals surface area contributed by atoms with Gasteiger partial charge < -0.3 is 9.72 Å². The largest absolute Gasteiger partial charge is 0.493 e. The maximum Gasteiger partial charge on any atom is 0.254 e. The van der Waals surface area contributed by atoms with E-state index in [0.717, 1.165) is 35.9 Å². The average molecular weight is 270 g/mol. The third-order valence-electron chi connectivity index (χ3n) is 3.68. The van der Waals surface area contributed by atoms with Crippen LogP contribution in [0.4, 0.5) is 0 Å². The fraction of sp³-hybridized carbons (Fsp3) is 0.375. The van der Waals surface area contributed by atoms with E-state index >= 15 is 0 Å². The Morgan fingerprint density at radius 1 is 1.35 bits per heavy atom.